The second-order valence-corrected chi connectivity index (χ2v) is 9.21. The SMILES string of the molecule is COC(=O)c1sc(-n2cnc3cc(-c4cccnc4)ccc32)cc1O[C@H](C)c1ccccc1C(F)(F)F. The quantitative estimate of drug-likeness (QED) is 0.222. The molecule has 10 heteroatoms. The summed E-state index contributed by atoms with van der Waals surface area (Å²) in [6.45, 7) is 1.51. The fourth-order valence-electron chi connectivity index (χ4n) is 4.07. The number of alkyl halides is 3. The Morgan fingerprint density at radius 3 is 2.59 bits per heavy atom. The summed E-state index contributed by atoms with van der Waals surface area (Å²) < 4.78 is 53.3. The Bertz CT molecular complexity index is 1580. The third-order valence-electron chi connectivity index (χ3n) is 5.84. The van der Waals surface area contributed by atoms with Crippen LogP contribution in [0.2, 0.25) is 0 Å². The molecule has 0 aliphatic heterocycles. The molecule has 0 saturated carbocycles. The number of aromatic nitrogens is 3. The highest BCUT2D eigenvalue weighted by molar-refractivity contribution is 7.16. The molecule has 0 unspecified atom stereocenters. The second kappa shape index (κ2) is 9.70. The minimum Gasteiger partial charge on any atom is -0.484 e. The molecule has 3 aromatic heterocycles. The van der Waals surface area contributed by atoms with Gasteiger partial charge in [-0.3, -0.25) is 9.55 Å². The molecule has 0 radical (unpaired) electrons. The average Bonchev–Trinajstić information content (AvgIpc) is 3.52. The number of ether oxygens (including phenoxy) is 2. The number of carbonyl (C=O) groups is 1. The van der Waals surface area contributed by atoms with Gasteiger partial charge in [0.15, 0.2) is 4.88 Å². The van der Waals surface area contributed by atoms with E-state index in [2.05, 4.69) is 9.97 Å². The molecule has 0 aliphatic carbocycles. The predicted octanol–water partition coefficient (Wildman–Crippen LogP) is 7.09. The van der Waals surface area contributed by atoms with Crippen LogP contribution < -0.4 is 4.74 Å². The van der Waals surface area contributed by atoms with Crippen molar-refractivity contribution in [2.45, 2.75) is 19.2 Å². The number of hydrogen-bond acceptors (Lipinski definition) is 6. The minimum absolute atomic E-state index is 0.0328. The van der Waals surface area contributed by atoms with E-state index in [1.807, 2.05) is 30.3 Å². The van der Waals surface area contributed by atoms with Crippen LogP contribution in [0, 0.1) is 0 Å². The molecule has 1 atom stereocenters. The highest BCUT2D eigenvalue weighted by Crippen LogP contribution is 2.40. The van der Waals surface area contributed by atoms with Gasteiger partial charge in [-0.25, -0.2) is 9.78 Å². The molecule has 6 nitrogen and oxygen atoms in total. The summed E-state index contributed by atoms with van der Waals surface area (Å²) in [6.07, 6.45) is -0.429. The largest absolute Gasteiger partial charge is 0.484 e. The molecule has 3 heterocycles. The van der Waals surface area contributed by atoms with Gasteiger partial charge in [0.1, 0.15) is 23.2 Å². The highest BCUT2D eigenvalue weighted by Gasteiger charge is 2.35. The second-order valence-electron chi connectivity index (χ2n) is 8.17. The Labute approximate surface area is 213 Å². The van der Waals surface area contributed by atoms with Crippen LogP contribution in [0.25, 0.3) is 27.2 Å². The summed E-state index contributed by atoms with van der Waals surface area (Å²) in [6, 6.07) is 16.4. The monoisotopic (exact) mass is 523 g/mol. The van der Waals surface area contributed by atoms with Gasteiger partial charge in [0.25, 0.3) is 0 Å². The van der Waals surface area contributed by atoms with Gasteiger partial charge in [-0.05, 0) is 36.8 Å². The van der Waals surface area contributed by atoms with Crippen LogP contribution in [-0.4, -0.2) is 27.6 Å². The summed E-state index contributed by atoms with van der Waals surface area (Å²) in [7, 11) is 1.24. The number of thiophene rings is 1. The number of fused-ring (bicyclic) bond motifs is 1. The van der Waals surface area contributed by atoms with Gasteiger partial charge in [0, 0.05) is 29.6 Å². The van der Waals surface area contributed by atoms with E-state index in [9.17, 15) is 18.0 Å². The topological polar surface area (TPSA) is 66.2 Å². The van der Waals surface area contributed by atoms with E-state index >= 15 is 0 Å². The number of imidazole rings is 1. The zero-order valence-corrected chi connectivity index (χ0v) is 20.5. The van der Waals surface area contributed by atoms with Gasteiger partial charge in [-0.15, -0.1) is 11.3 Å². The van der Waals surface area contributed by atoms with Crippen molar-refractivity contribution in [3.8, 4) is 21.9 Å². The van der Waals surface area contributed by atoms with Crippen molar-refractivity contribution in [3.63, 3.8) is 0 Å². The lowest BCUT2D eigenvalue weighted by Gasteiger charge is -2.19. The maximum Gasteiger partial charge on any atom is 0.416 e. The summed E-state index contributed by atoms with van der Waals surface area (Å²) in [4.78, 5) is 21.3. The number of pyridine rings is 1. The molecule has 0 N–H and O–H groups in total. The molecule has 37 heavy (non-hydrogen) atoms. The molecule has 0 aliphatic rings. The van der Waals surface area contributed by atoms with Crippen molar-refractivity contribution in [1.82, 2.24) is 14.5 Å². The van der Waals surface area contributed by atoms with Gasteiger partial charge in [-0.2, -0.15) is 13.2 Å². The smallest absolute Gasteiger partial charge is 0.416 e. The van der Waals surface area contributed by atoms with E-state index in [-0.39, 0.29) is 16.2 Å². The first kappa shape index (κ1) is 24.5. The molecular weight excluding hydrogens is 503 g/mol. The first-order valence-electron chi connectivity index (χ1n) is 11.2. The van der Waals surface area contributed by atoms with E-state index < -0.39 is 23.8 Å². The first-order chi connectivity index (χ1) is 17.8. The number of esters is 1. The van der Waals surface area contributed by atoms with Crippen LogP contribution in [0.5, 0.6) is 5.75 Å². The fourth-order valence-corrected chi connectivity index (χ4v) is 5.06. The van der Waals surface area contributed by atoms with Crippen LogP contribution in [-0.2, 0) is 10.9 Å². The first-order valence-corrected chi connectivity index (χ1v) is 12.0. The van der Waals surface area contributed by atoms with Gasteiger partial charge >= 0.3 is 12.1 Å². The zero-order valence-electron chi connectivity index (χ0n) is 19.7. The van der Waals surface area contributed by atoms with Crippen molar-refractivity contribution in [2.75, 3.05) is 7.11 Å². The summed E-state index contributed by atoms with van der Waals surface area (Å²) in [5, 5.41) is 0.600. The van der Waals surface area contributed by atoms with Crippen LogP contribution in [0.15, 0.2) is 79.4 Å². The zero-order chi connectivity index (χ0) is 26.2. The lowest BCUT2D eigenvalue weighted by Crippen LogP contribution is -2.14. The Morgan fingerprint density at radius 2 is 1.86 bits per heavy atom. The van der Waals surface area contributed by atoms with E-state index in [1.165, 1.54) is 32.2 Å². The minimum atomic E-state index is -4.54. The molecule has 0 bridgehead atoms. The van der Waals surface area contributed by atoms with E-state index in [0.29, 0.717) is 5.00 Å². The highest BCUT2D eigenvalue weighted by atomic mass is 32.1. The van der Waals surface area contributed by atoms with Crippen molar-refractivity contribution >= 4 is 28.3 Å². The molecule has 2 aromatic carbocycles. The molecule has 188 valence electrons. The Hall–Kier alpha value is -4.18. The van der Waals surface area contributed by atoms with Crippen molar-refractivity contribution in [1.29, 1.82) is 0 Å². The Morgan fingerprint density at radius 1 is 1.05 bits per heavy atom. The molecule has 0 spiro atoms. The number of hydrogen-bond donors (Lipinski definition) is 0. The van der Waals surface area contributed by atoms with Crippen LogP contribution >= 0.6 is 11.3 Å². The Kier molecular flexibility index (Phi) is 6.43. The van der Waals surface area contributed by atoms with Crippen LogP contribution in [0.1, 0.15) is 33.8 Å². The van der Waals surface area contributed by atoms with Crippen molar-refractivity contribution < 1.29 is 27.4 Å². The number of nitrogens with zero attached hydrogens (tertiary/aromatic N) is 3. The van der Waals surface area contributed by atoms with Gasteiger partial charge in [0.2, 0.25) is 0 Å². The van der Waals surface area contributed by atoms with E-state index in [0.717, 1.165) is 39.6 Å². The molecule has 5 rings (SSSR count). The van der Waals surface area contributed by atoms with Crippen LogP contribution in [0.3, 0.4) is 0 Å². The van der Waals surface area contributed by atoms with Gasteiger partial charge in [0.05, 0.1) is 23.7 Å². The summed E-state index contributed by atoms with van der Waals surface area (Å²) >= 11 is 1.10. The summed E-state index contributed by atoms with van der Waals surface area (Å²) in [5.74, 6) is -0.518. The predicted molar refractivity (Wildman–Crippen MR) is 134 cm³/mol. The van der Waals surface area contributed by atoms with Crippen LogP contribution in [0.4, 0.5) is 13.2 Å². The summed E-state index contributed by atoms with van der Waals surface area (Å²) in [5.41, 5.74) is 2.59. The number of methoxy groups -OCH3 is 1. The van der Waals surface area contributed by atoms with Crippen molar-refractivity contribution in [3.05, 3.63) is 95.4 Å². The molecule has 0 fully saturated rings. The maximum atomic E-state index is 13.5. The van der Waals surface area contributed by atoms with E-state index in [4.69, 9.17) is 9.47 Å². The fraction of sp³-hybridized carbons (Fsp3) is 0.148. The standard InChI is InChI=1S/C27H20F3N3O3S/c1-16(19-7-3-4-8-20(19)27(28,29)30)36-23-13-24(37-25(23)26(34)35-2)33-15-32-21-12-17(9-10-22(21)33)18-6-5-11-31-14-18/h3-16H,1-2H3/t16-/m1/s1. The lowest BCUT2D eigenvalue weighted by atomic mass is 10.0. The molecule has 0 amide bonds. The third-order valence-corrected chi connectivity index (χ3v) is 6.94. The van der Waals surface area contributed by atoms with E-state index in [1.54, 1.807) is 29.4 Å². The van der Waals surface area contributed by atoms with Gasteiger partial charge < -0.3 is 9.47 Å². The number of halogens is 3. The maximum absolute atomic E-state index is 13.5. The number of benzene rings is 2. The number of rotatable bonds is 6. The van der Waals surface area contributed by atoms with Crippen molar-refractivity contribution in [2.24, 2.45) is 0 Å². The molecular formula is C27H20F3N3O3S. The lowest BCUT2D eigenvalue weighted by molar-refractivity contribution is -0.139. The van der Waals surface area contributed by atoms with Gasteiger partial charge in [-0.1, -0.05) is 30.3 Å². The molecule has 5 aromatic rings. The molecule has 0 saturated heterocycles. The Balaban J connectivity index is 1.52. The number of carbonyl (C=O) groups excluding carboxylic acids is 1. The normalized spacial score (nSPS) is 12.5. The third kappa shape index (κ3) is 4.79. The average molecular weight is 524 g/mol.